The van der Waals surface area contributed by atoms with E-state index in [4.69, 9.17) is 10.7 Å². The van der Waals surface area contributed by atoms with Crippen molar-refractivity contribution in [3.05, 3.63) is 78.5 Å². The van der Waals surface area contributed by atoms with Crippen LogP contribution in [-0.2, 0) is 14.6 Å². The number of nitrogens with zero attached hydrogens (tertiary/aromatic N) is 4. The number of hydrogen-bond acceptors (Lipinski definition) is 8. The number of pyridine rings is 3. The summed E-state index contributed by atoms with van der Waals surface area (Å²) in [5.41, 5.74) is 12.0. The zero-order chi connectivity index (χ0) is 29.6. The molecule has 1 amide bonds. The molecule has 0 aliphatic heterocycles. The Bertz CT molecular complexity index is 2110. The molecule has 42 heavy (non-hydrogen) atoms. The fourth-order valence-electron chi connectivity index (χ4n) is 4.72. The Morgan fingerprint density at radius 1 is 1.05 bits per heavy atom. The Morgan fingerprint density at radius 2 is 1.88 bits per heavy atom. The molecule has 1 atom stereocenters. The molecule has 0 saturated carbocycles. The fraction of sp³-hybridized carbons (Fsp3) is 0.138. The maximum absolute atomic E-state index is 14.6. The van der Waals surface area contributed by atoms with E-state index < -0.39 is 21.0 Å². The molecule has 0 bridgehead atoms. The number of H-pyrrole nitrogens is 2. The van der Waals surface area contributed by atoms with Crippen molar-refractivity contribution in [2.45, 2.75) is 18.7 Å². The molecule has 1 aromatic carbocycles. The van der Waals surface area contributed by atoms with E-state index in [0.717, 1.165) is 17.9 Å². The van der Waals surface area contributed by atoms with Gasteiger partial charge in [-0.2, -0.15) is 5.10 Å². The monoisotopic (exact) mass is 584 g/mol. The summed E-state index contributed by atoms with van der Waals surface area (Å²) < 4.78 is 38.7. The third kappa shape index (κ3) is 5.10. The standard InChI is InChI=1S/C29H25FN8O3S/c1-3-25(39)34-19-11-17(13-32-14-19)21-4-5-23-27(36-21)28(38-37-23)24-12-20-22(35-24)6-7-33-26(20)15-8-16(10-18(30)9-15)29(31)42(2,40)41/h4-14,29,35H,3,31H2,1-2H3,(H,34,39)(H,37,38). The minimum absolute atomic E-state index is 0.116. The number of halogens is 1. The van der Waals surface area contributed by atoms with Crippen LogP contribution in [0.15, 0.2) is 67.1 Å². The number of nitrogens with two attached hydrogens (primary N) is 1. The van der Waals surface area contributed by atoms with Crippen molar-refractivity contribution < 1.29 is 17.6 Å². The number of benzene rings is 1. The van der Waals surface area contributed by atoms with Gasteiger partial charge in [0.15, 0.2) is 9.84 Å². The highest BCUT2D eigenvalue weighted by Crippen LogP contribution is 2.34. The lowest BCUT2D eigenvalue weighted by Crippen LogP contribution is -2.20. The molecule has 0 radical (unpaired) electrons. The number of sulfone groups is 1. The molecular formula is C29H25FN8O3S. The maximum atomic E-state index is 14.6. The van der Waals surface area contributed by atoms with Crippen LogP contribution in [0, 0.1) is 5.82 Å². The van der Waals surface area contributed by atoms with Crippen LogP contribution in [0.1, 0.15) is 24.3 Å². The number of fused-ring (bicyclic) bond motifs is 2. The number of nitrogens with one attached hydrogen (secondary N) is 3. The highest BCUT2D eigenvalue weighted by atomic mass is 32.2. The van der Waals surface area contributed by atoms with Gasteiger partial charge in [0.2, 0.25) is 5.91 Å². The number of carbonyl (C=O) groups excluding carboxylic acids is 1. The second-order valence-electron chi connectivity index (χ2n) is 9.86. The lowest BCUT2D eigenvalue weighted by atomic mass is 10.0. The minimum Gasteiger partial charge on any atom is -0.353 e. The van der Waals surface area contributed by atoms with Crippen LogP contribution in [0.25, 0.3) is 55.8 Å². The van der Waals surface area contributed by atoms with E-state index in [-0.39, 0.29) is 11.5 Å². The highest BCUT2D eigenvalue weighted by Gasteiger charge is 2.21. The molecule has 212 valence electrons. The molecule has 6 rings (SSSR count). The Morgan fingerprint density at radius 3 is 2.67 bits per heavy atom. The van der Waals surface area contributed by atoms with Crippen molar-refractivity contribution in [3.63, 3.8) is 0 Å². The fourth-order valence-corrected chi connectivity index (χ4v) is 5.35. The van der Waals surface area contributed by atoms with Crippen molar-refractivity contribution in [3.8, 4) is 33.9 Å². The lowest BCUT2D eigenvalue weighted by molar-refractivity contribution is -0.115. The molecule has 0 aliphatic rings. The topological polar surface area (TPSA) is 172 Å². The average Bonchev–Trinajstić information content (AvgIpc) is 3.59. The van der Waals surface area contributed by atoms with Gasteiger partial charge in [0.25, 0.3) is 0 Å². The van der Waals surface area contributed by atoms with Gasteiger partial charge in [-0.05, 0) is 54.1 Å². The van der Waals surface area contributed by atoms with E-state index in [1.807, 2.05) is 18.2 Å². The van der Waals surface area contributed by atoms with Crippen molar-refractivity contribution >= 4 is 43.4 Å². The van der Waals surface area contributed by atoms with Gasteiger partial charge in [-0.1, -0.05) is 6.92 Å². The third-order valence-corrected chi connectivity index (χ3v) is 8.03. The second-order valence-corrected chi connectivity index (χ2v) is 12.0. The van der Waals surface area contributed by atoms with Gasteiger partial charge in [0.05, 0.1) is 34.5 Å². The third-order valence-electron chi connectivity index (χ3n) is 6.83. The van der Waals surface area contributed by atoms with Crippen molar-refractivity contribution in [1.29, 1.82) is 0 Å². The van der Waals surface area contributed by atoms with Crippen molar-refractivity contribution in [2.75, 3.05) is 11.6 Å². The minimum atomic E-state index is -3.65. The molecule has 0 fully saturated rings. The maximum Gasteiger partial charge on any atom is 0.224 e. The van der Waals surface area contributed by atoms with Crippen molar-refractivity contribution in [1.82, 2.24) is 30.1 Å². The summed E-state index contributed by atoms with van der Waals surface area (Å²) >= 11 is 0. The van der Waals surface area contributed by atoms with Gasteiger partial charge in [-0.15, -0.1) is 0 Å². The summed E-state index contributed by atoms with van der Waals surface area (Å²) in [6.45, 7) is 1.77. The number of rotatable bonds is 7. The number of aromatic nitrogens is 6. The lowest BCUT2D eigenvalue weighted by Gasteiger charge is -2.12. The molecular weight excluding hydrogens is 559 g/mol. The molecule has 6 aromatic rings. The molecule has 11 nitrogen and oxygen atoms in total. The zero-order valence-electron chi connectivity index (χ0n) is 22.5. The first-order chi connectivity index (χ1) is 20.1. The normalized spacial score (nSPS) is 12.6. The molecule has 5 aromatic heterocycles. The van der Waals surface area contributed by atoms with Gasteiger partial charge < -0.3 is 16.0 Å². The number of anilines is 1. The molecule has 5 N–H and O–H groups in total. The molecule has 13 heteroatoms. The summed E-state index contributed by atoms with van der Waals surface area (Å²) in [5, 5.41) is 9.60. The van der Waals surface area contributed by atoms with Crippen LogP contribution >= 0.6 is 0 Å². The predicted molar refractivity (Wildman–Crippen MR) is 158 cm³/mol. The summed E-state index contributed by atoms with van der Waals surface area (Å²) in [5.74, 6) is -0.742. The molecule has 5 heterocycles. The summed E-state index contributed by atoms with van der Waals surface area (Å²) in [7, 11) is -3.65. The Kier molecular flexibility index (Phi) is 6.75. The Hall–Kier alpha value is -5.01. The largest absolute Gasteiger partial charge is 0.353 e. The van der Waals surface area contributed by atoms with Crippen LogP contribution in [-0.4, -0.2) is 50.7 Å². The van der Waals surface area contributed by atoms with E-state index >= 15 is 0 Å². The van der Waals surface area contributed by atoms with Crippen LogP contribution in [0.3, 0.4) is 0 Å². The van der Waals surface area contributed by atoms with E-state index in [9.17, 15) is 17.6 Å². The summed E-state index contributed by atoms with van der Waals surface area (Å²) in [6, 6.07) is 13.1. The summed E-state index contributed by atoms with van der Waals surface area (Å²) in [4.78, 5) is 28.7. The first kappa shape index (κ1) is 27.2. The number of carbonyl (C=O) groups is 1. The second kappa shape index (κ2) is 10.4. The molecule has 0 aliphatic carbocycles. The van der Waals surface area contributed by atoms with Crippen LogP contribution in [0.4, 0.5) is 10.1 Å². The molecule has 1 unspecified atom stereocenters. The van der Waals surface area contributed by atoms with E-state index in [0.29, 0.717) is 62.4 Å². The number of hydrogen-bond donors (Lipinski definition) is 4. The first-order valence-electron chi connectivity index (χ1n) is 12.9. The van der Waals surface area contributed by atoms with Gasteiger partial charge >= 0.3 is 0 Å². The average molecular weight is 585 g/mol. The quantitative estimate of drug-likeness (QED) is 0.209. The molecule has 0 saturated heterocycles. The summed E-state index contributed by atoms with van der Waals surface area (Å²) in [6.07, 6.45) is 6.17. The first-order valence-corrected chi connectivity index (χ1v) is 14.9. The zero-order valence-corrected chi connectivity index (χ0v) is 23.3. The van der Waals surface area contributed by atoms with Gasteiger partial charge in [0.1, 0.15) is 22.4 Å². The van der Waals surface area contributed by atoms with Crippen LogP contribution < -0.4 is 11.1 Å². The predicted octanol–water partition coefficient (Wildman–Crippen LogP) is 4.72. The smallest absolute Gasteiger partial charge is 0.224 e. The van der Waals surface area contributed by atoms with E-state index in [1.165, 1.54) is 12.1 Å². The Labute approximate surface area is 239 Å². The van der Waals surface area contributed by atoms with Gasteiger partial charge in [-0.3, -0.25) is 19.9 Å². The Balaban J connectivity index is 1.42. The van der Waals surface area contributed by atoms with Crippen molar-refractivity contribution in [2.24, 2.45) is 5.73 Å². The number of amides is 1. The van der Waals surface area contributed by atoms with Crippen LogP contribution in [0.5, 0.6) is 0 Å². The number of aromatic amines is 2. The highest BCUT2D eigenvalue weighted by molar-refractivity contribution is 7.90. The van der Waals surface area contributed by atoms with E-state index in [1.54, 1.807) is 37.6 Å². The van der Waals surface area contributed by atoms with E-state index in [2.05, 4.69) is 30.5 Å². The molecule has 0 spiro atoms. The van der Waals surface area contributed by atoms with Gasteiger partial charge in [-0.25, -0.2) is 17.8 Å². The van der Waals surface area contributed by atoms with Crippen LogP contribution in [0.2, 0.25) is 0 Å². The SMILES string of the molecule is CCC(=O)Nc1cncc(-c2ccc3[nH]nc(-c4cc5c(-c6cc(F)cc(C(N)S(C)(=O)=O)c6)nccc5[nH]4)c3n2)c1. The van der Waals surface area contributed by atoms with Gasteiger partial charge in [0, 0.05) is 47.1 Å².